The Morgan fingerprint density at radius 2 is 2.04 bits per heavy atom. The molecule has 1 unspecified atom stereocenters. The van der Waals surface area contributed by atoms with Gasteiger partial charge in [-0.3, -0.25) is 5.41 Å². The number of nitrogens with one attached hydrogen (secondary N) is 2. The molecule has 4 N–H and O–H groups in total. The number of rotatable bonds is 2. The van der Waals surface area contributed by atoms with Crippen LogP contribution in [0.2, 0.25) is 0 Å². The summed E-state index contributed by atoms with van der Waals surface area (Å²) in [7, 11) is 0. The standard InChI is InChI=1S/C16H17FN4O.ClH/c1-9-8-22-14-7-11(10-2-4-12(17)5-3-10)6-13(15(9)14)20-21-16(18)19;/h2-5,8,11H,6-7H2,1H3,(H4,18,19,21);1H/b20-13+;. The molecule has 0 spiro atoms. The Kier molecular flexibility index (Phi) is 5.05. The number of hydrogen-bond donors (Lipinski definition) is 3. The van der Waals surface area contributed by atoms with Crippen molar-refractivity contribution in [1.29, 1.82) is 5.41 Å². The molecule has 1 aromatic carbocycles. The Balaban J connectivity index is 0.00000192. The Morgan fingerprint density at radius 3 is 2.70 bits per heavy atom. The predicted molar refractivity (Wildman–Crippen MR) is 89.7 cm³/mol. The summed E-state index contributed by atoms with van der Waals surface area (Å²) in [4.78, 5) is 0. The predicted octanol–water partition coefficient (Wildman–Crippen LogP) is 3.07. The van der Waals surface area contributed by atoms with E-state index in [1.807, 2.05) is 6.92 Å². The second-order valence-corrected chi connectivity index (χ2v) is 5.46. The van der Waals surface area contributed by atoms with Crippen molar-refractivity contribution in [1.82, 2.24) is 5.43 Å². The van der Waals surface area contributed by atoms with E-state index in [1.165, 1.54) is 12.1 Å². The lowest BCUT2D eigenvalue weighted by Gasteiger charge is -2.23. The van der Waals surface area contributed by atoms with Gasteiger partial charge in [0.1, 0.15) is 11.6 Å². The number of nitrogens with two attached hydrogens (primary N) is 1. The highest BCUT2D eigenvalue weighted by molar-refractivity contribution is 6.04. The zero-order valence-electron chi connectivity index (χ0n) is 12.6. The van der Waals surface area contributed by atoms with Gasteiger partial charge in [-0.1, -0.05) is 12.1 Å². The topological polar surface area (TPSA) is 87.4 Å². The fourth-order valence-corrected chi connectivity index (χ4v) is 2.87. The summed E-state index contributed by atoms with van der Waals surface area (Å²) in [6.45, 7) is 1.96. The number of benzene rings is 1. The normalized spacial score (nSPS) is 18.2. The fraction of sp³-hybridized carbons (Fsp3) is 0.250. The smallest absolute Gasteiger partial charge is 0.206 e. The number of guanidine groups is 1. The number of hydrazone groups is 1. The van der Waals surface area contributed by atoms with Crippen LogP contribution in [-0.2, 0) is 6.42 Å². The number of hydrogen-bond acceptors (Lipinski definition) is 3. The molecule has 3 rings (SSSR count). The van der Waals surface area contributed by atoms with Gasteiger partial charge in [0.25, 0.3) is 0 Å². The van der Waals surface area contributed by atoms with Gasteiger partial charge in [-0.2, -0.15) is 5.10 Å². The third kappa shape index (κ3) is 3.53. The quantitative estimate of drug-likeness (QED) is 0.447. The van der Waals surface area contributed by atoms with Crippen LogP contribution in [0.3, 0.4) is 0 Å². The SMILES string of the molecule is Cc1coc2c1/C(=N/NC(=N)N)CC(c1ccc(F)cc1)C2.Cl. The highest BCUT2D eigenvalue weighted by Crippen LogP contribution is 2.35. The third-order valence-electron chi connectivity index (χ3n) is 3.86. The second-order valence-electron chi connectivity index (χ2n) is 5.46. The average molecular weight is 337 g/mol. The second kappa shape index (κ2) is 6.83. The zero-order valence-corrected chi connectivity index (χ0v) is 13.4. The Labute approximate surface area is 139 Å². The van der Waals surface area contributed by atoms with Crippen molar-refractivity contribution >= 4 is 24.1 Å². The van der Waals surface area contributed by atoms with E-state index in [1.54, 1.807) is 18.4 Å². The maximum Gasteiger partial charge on any atom is 0.206 e. The van der Waals surface area contributed by atoms with E-state index in [4.69, 9.17) is 15.6 Å². The van der Waals surface area contributed by atoms with Crippen LogP contribution in [0.1, 0.15) is 34.8 Å². The number of fused-ring (bicyclic) bond motifs is 1. The molecule has 0 saturated heterocycles. The molecule has 0 bridgehead atoms. The lowest BCUT2D eigenvalue weighted by Crippen LogP contribution is -2.29. The monoisotopic (exact) mass is 336 g/mol. The average Bonchev–Trinajstić information content (AvgIpc) is 2.87. The van der Waals surface area contributed by atoms with Crippen LogP contribution in [-0.4, -0.2) is 11.7 Å². The van der Waals surface area contributed by atoms with Gasteiger partial charge in [-0.05, 0) is 42.5 Å². The van der Waals surface area contributed by atoms with Crippen LogP contribution in [0.5, 0.6) is 0 Å². The van der Waals surface area contributed by atoms with Gasteiger partial charge >= 0.3 is 0 Å². The summed E-state index contributed by atoms with van der Waals surface area (Å²) in [6.07, 6.45) is 3.13. The summed E-state index contributed by atoms with van der Waals surface area (Å²) in [5, 5.41) is 11.5. The first kappa shape index (κ1) is 17.0. The lowest BCUT2D eigenvalue weighted by molar-refractivity contribution is 0.480. The summed E-state index contributed by atoms with van der Waals surface area (Å²) in [5.74, 6) is 0.564. The van der Waals surface area contributed by atoms with Gasteiger partial charge in [-0.25, -0.2) is 9.82 Å². The minimum atomic E-state index is -0.249. The fourth-order valence-electron chi connectivity index (χ4n) is 2.87. The van der Waals surface area contributed by atoms with E-state index in [2.05, 4.69) is 10.5 Å². The molecule has 1 aliphatic rings. The first-order valence-corrected chi connectivity index (χ1v) is 7.04. The van der Waals surface area contributed by atoms with E-state index in [-0.39, 0.29) is 30.1 Å². The number of halogens is 2. The van der Waals surface area contributed by atoms with E-state index in [0.29, 0.717) is 6.42 Å². The van der Waals surface area contributed by atoms with Crippen molar-refractivity contribution in [2.24, 2.45) is 10.8 Å². The van der Waals surface area contributed by atoms with Crippen molar-refractivity contribution in [3.05, 3.63) is 58.8 Å². The minimum Gasteiger partial charge on any atom is -0.468 e. The summed E-state index contributed by atoms with van der Waals surface area (Å²) >= 11 is 0. The molecule has 1 aromatic heterocycles. The molecule has 23 heavy (non-hydrogen) atoms. The van der Waals surface area contributed by atoms with Crippen molar-refractivity contribution in [2.45, 2.75) is 25.7 Å². The van der Waals surface area contributed by atoms with Crippen LogP contribution < -0.4 is 11.2 Å². The highest BCUT2D eigenvalue weighted by Gasteiger charge is 2.29. The van der Waals surface area contributed by atoms with Crippen molar-refractivity contribution in [2.75, 3.05) is 0 Å². The molecule has 1 atom stereocenters. The van der Waals surface area contributed by atoms with Gasteiger partial charge in [0, 0.05) is 12.0 Å². The molecule has 1 aliphatic carbocycles. The van der Waals surface area contributed by atoms with Gasteiger partial charge in [0.15, 0.2) is 0 Å². The molecular weight excluding hydrogens is 319 g/mol. The van der Waals surface area contributed by atoms with Crippen LogP contribution in [0.15, 0.2) is 40.0 Å². The third-order valence-corrected chi connectivity index (χ3v) is 3.86. The molecule has 0 saturated carbocycles. The molecular formula is C16H18ClFN4O. The Hall–Kier alpha value is -2.34. The van der Waals surface area contributed by atoms with Crippen LogP contribution in [0.4, 0.5) is 4.39 Å². The van der Waals surface area contributed by atoms with Gasteiger partial charge in [0.05, 0.1) is 12.0 Å². The molecule has 0 amide bonds. The molecule has 7 heteroatoms. The van der Waals surface area contributed by atoms with Crippen LogP contribution >= 0.6 is 12.4 Å². The Morgan fingerprint density at radius 1 is 1.35 bits per heavy atom. The van der Waals surface area contributed by atoms with E-state index < -0.39 is 0 Å². The largest absolute Gasteiger partial charge is 0.468 e. The summed E-state index contributed by atoms with van der Waals surface area (Å²) < 4.78 is 18.7. The first-order valence-electron chi connectivity index (χ1n) is 7.04. The van der Waals surface area contributed by atoms with Gasteiger partial charge < -0.3 is 10.2 Å². The zero-order chi connectivity index (χ0) is 15.7. The molecule has 5 nitrogen and oxygen atoms in total. The van der Waals surface area contributed by atoms with Crippen molar-refractivity contribution < 1.29 is 8.81 Å². The lowest BCUT2D eigenvalue weighted by atomic mass is 9.81. The first-order chi connectivity index (χ1) is 10.5. The summed E-state index contributed by atoms with van der Waals surface area (Å²) in [5.41, 5.74) is 11.6. The maximum atomic E-state index is 13.1. The van der Waals surface area contributed by atoms with Crippen molar-refractivity contribution in [3.8, 4) is 0 Å². The van der Waals surface area contributed by atoms with E-state index in [9.17, 15) is 4.39 Å². The van der Waals surface area contributed by atoms with Gasteiger partial charge in [-0.15, -0.1) is 12.4 Å². The van der Waals surface area contributed by atoms with Crippen molar-refractivity contribution in [3.63, 3.8) is 0 Å². The molecule has 2 aromatic rings. The number of furan rings is 1. The Bertz CT molecular complexity index is 739. The van der Waals surface area contributed by atoms with E-state index >= 15 is 0 Å². The minimum absolute atomic E-state index is 0. The molecule has 1 heterocycles. The van der Waals surface area contributed by atoms with E-state index in [0.717, 1.165) is 34.6 Å². The summed E-state index contributed by atoms with van der Waals surface area (Å²) in [6, 6.07) is 6.50. The highest BCUT2D eigenvalue weighted by atomic mass is 35.5. The molecule has 0 aliphatic heterocycles. The van der Waals surface area contributed by atoms with Gasteiger partial charge in [0.2, 0.25) is 5.96 Å². The maximum absolute atomic E-state index is 13.1. The molecule has 0 radical (unpaired) electrons. The number of nitrogens with zero attached hydrogens (tertiary/aromatic N) is 1. The molecule has 0 fully saturated rings. The van der Waals surface area contributed by atoms with Crippen LogP contribution in [0, 0.1) is 18.2 Å². The molecule has 122 valence electrons. The van der Waals surface area contributed by atoms with Crippen LogP contribution in [0.25, 0.3) is 0 Å². The number of aryl methyl sites for hydroxylation is 1.